The molecule has 2 atom stereocenters. The summed E-state index contributed by atoms with van der Waals surface area (Å²) < 4.78 is 10.8. The van der Waals surface area contributed by atoms with Gasteiger partial charge in [-0.25, -0.2) is 0 Å². The average molecular weight is 559 g/mol. The second kappa shape index (κ2) is 13.9. The van der Waals surface area contributed by atoms with Gasteiger partial charge in [-0.1, -0.05) is 74.5 Å². The Balaban J connectivity index is 1.32. The van der Waals surface area contributed by atoms with Gasteiger partial charge in [0, 0.05) is 12.5 Å². The van der Waals surface area contributed by atoms with Crippen molar-refractivity contribution in [1.29, 1.82) is 0 Å². The Hall–Kier alpha value is -4.17. The molecule has 1 aliphatic carbocycles. The number of ether oxygens (including phenoxy) is 2. The molecule has 3 aromatic rings. The first-order valence-electron chi connectivity index (χ1n) is 14.0. The Labute approximate surface area is 241 Å². The van der Waals surface area contributed by atoms with Gasteiger partial charge < -0.3 is 19.9 Å². The highest BCUT2D eigenvalue weighted by Gasteiger charge is 2.30. The number of aromatic hydroxyl groups is 1. The van der Waals surface area contributed by atoms with Crippen molar-refractivity contribution in [2.45, 2.75) is 38.6 Å². The first-order valence-corrected chi connectivity index (χ1v) is 14.0. The summed E-state index contributed by atoms with van der Waals surface area (Å²) in [5.74, 6) is -1.36. The maximum absolute atomic E-state index is 13.2. The number of methoxy groups -OCH3 is 1. The summed E-state index contributed by atoms with van der Waals surface area (Å²) in [6, 6.07) is 22.1. The second-order valence-electron chi connectivity index (χ2n) is 10.8. The lowest BCUT2D eigenvalue weighted by Gasteiger charge is -2.21. The van der Waals surface area contributed by atoms with Crippen molar-refractivity contribution < 1.29 is 29.0 Å². The topological polar surface area (TPSA) is 114 Å². The second-order valence-corrected chi connectivity index (χ2v) is 10.8. The van der Waals surface area contributed by atoms with Crippen LogP contribution in [0, 0.1) is 11.8 Å². The standard InChI is InChI=1S/C33H38N2O6/c1-21(2)16-23(18-35-31(37)19-34-30(33(39)40-3)17-22-12-14-24(36)15-13-22)32(38)41-20-29-27-10-6-4-8-25(27)26-9-5-7-11-28(26)29/h4-15,21,23,29-30,34,36H,16-20H2,1-3H3,(H,35,37)/t23-,30-/m0/s1. The number of nitrogens with one attached hydrogen (secondary N) is 2. The zero-order chi connectivity index (χ0) is 29.4. The molecular formula is C33H38N2O6. The van der Waals surface area contributed by atoms with Gasteiger partial charge in [-0.15, -0.1) is 0 Å². The maximum atomic E-state index is 13.2. The van der Waals surface area contributed by atoms with Crippen LogP contribution in [0.15, 0.2) is 72.8 Å². The van der Waals surface area contributed by atoms with Crippen molar-refractivity contribution in [3.8, 4) is 16.9 Å². The maximum Gasteiger partial charge on any atom is 0.323 e. The lowest BCUT2D eigenvalue weighted by Crippen LogP contribution is -2.46. The molecule has 3 aromatic carbocycles. The summed E-state index contributed by atoms with van der Waals surface area (Å²) in [6.07, 6.45) is 0.853. The van der Waals surface area contributed by atoms with E-state index < -0.39 is 17.9 Å². The van der Waals surface area contributed by atoms with Crippen LogP contribution in [0.25, 0.3) is 11.1 Å². The van der Waals surface area contributed by atoms with E-state index >= 15 is 0 Å². The summed E-state index contributed by atoms with van der Waals surface area (Å²) in [5, 5.41) is 15.3. The van der Waals surface area contributed by atoms with Gasteiger partial charge in [-0.3, -0.25) is 19.7 Å². The molecule has 1 aliphatic rings. The highest BCUT2D eigenvalue weighted by atomic mass is 16.5. The molecule has 41 heavy (non-hydrogen) atoms. The Kier molecular flexibility index (Phi) is 10.1. The van der Waals surface area contributed by atoms with Gasteiger partial charge in [-0.05, 0) is 58.7 Å². The van der Waals surface area contributed by atoms with Crippen LogP contribution < -0.4 is 10.6 Å². The molecule has 1 amide bonds. The number of benzene rings is 3. The molecule has 216 valence electrons. The van der Waals surface area contributed by atoms with Crippen molar-refractivity contribution in [2.75, 3.05) is 26.8 Å². The van der Waals surface area contributed by atoms with Gasteiger partial charge in [-0.2, -0.15) is 0 Å². The molecule has 0 fully saturated rings. The molecule has 8 heteroatoms. The number of carbonyl (C=O) groups excluding carboxylic acids is 3. The Morgan fingerprint density at radius 2 is 1.49 bits per heavy atom. The SMILES string of the molecule is COC(=O)[C@H](Cc1ccc(O)cc1)NCC(=O)NC[C@H](CC(C)C)C(=O)OCC1c2ccccc2-c2ccccc21. The fourth-order valence-electron chi connectivity index (χ4n) is 5.32. The normalized spacial score (nSPS) is 13.7. The van der Waals surface area contributed by atoms with Gasteiger partial charge in [0.2, 0.25) is 5.91 Å². The van der Waals surface area contributed by atoms with Crippen molar-refractivity contribution >= 4 is 17.8 Å². The molecule has 0 spiro atoms. The zero-order valence-corrected chi connectivity index (χ0v) is 23.8. The van der Waals surface area contributed by atoms with E-state index in [1.54, 1.807) is 12.1 Å². The van der Waals surface area contributed by atoms with Crippen LogP contribution >= 0.6 is 0 Å². The summed E-state index contributed by atoms with van der Waals surface area (Å²) in [6.45, 7) is 4.29. The molecular weight excluding hydrogens is 520 g/mol. The molecule has 0 aromatic heterocycles. The lowest BCUT2D eigenvalue weighted by molar-refractivity contribution is -0.149. The third kappa shape index (κ3) is 7.73. The molecule has 0 bridgehead atoms. The highest BCUT2D eigenvalue weighted by molar-refractivity contribution is 5.82. The predicted octanol–water partition coefficient (Wildman–Crippen LogP) is 4.20. The summed E-state index contributed by atoms with van der Waals surface area (Å²) in [5.41, 5.74) is 5.43. The average Bonchev–Trinajstić information content (AvgIpc) is 3.30. The van der Waals surface area contributed by atoms with E-state index in [1.165, 1.54) is 30.4 Å². The Bertz CT molecular complexity index is 1310. The first kappa shape index (κ1) is 29.8. The minimum Gasteiger partial charge on any atom is -0.508 e. The monoisotopic (exact) mass is 558 g/mol. The number of amides is 1. The zero-order valence-electron chi connectivity index (χ0n) is 23.8. The fraction of sp³-hybridized carbons (Fsp3) is 0.364. The van der Waals surface area contributed by atoms with Crippen molar-refractivity contribution in [3.05, 3.63) is 89.5 Å². The van der Waals surface area contributed by atoms with E-state index in [-0.39, 0.29) is 55.6 Å². The highest BCUT2D eigenvalue weighted by Crippen LogP contribution is 2.44. The van der Waals surface area contributed by atoms with E-state index in [2.05, 4.69) is 34.9 Å². The quantitative estimate of drug-likeness (QED) is 0.270. The van der Waals surface area contributed by atoms with Gasteiger partial charge >= 0.3 is 11.9 Å². The molecule has 8 nitrogen and oxygen atoms in total. The molecule has 3 N–H and O–H groups in total. The third-order valence-corrected chi connectivity index (χ3v) is 7.36. The van der Waals surface area contributed by atoms with Crippen LogP contribution in [-0.4, -0.2) is 55.8 Å². The van der Waals surface area contributed by atoms with Crippen LogP contribution in [-0.2, 0) is 30.3 Å². The summed E-state index contributed by atoms with van der Waals surface area (Å²) >= 11 is 0. The summed E-state index contributed by atoms with van der Waals surface area (Å²) in [7, 11) is 1.29. The predicted molar refractivity (Wildman–Crippen MR) is 156 cm³/mol. The van der Waals surface area contributed by atoms with Crippen LogP contribution in [0.3, 0.4) is 0 Å². The number of rotatable bonds is 13. The van der Waals surface area contributed by atoms with E-state index in [1.807, 2.05) is 38.1 Å². The fourth-order valence-corrected chi connectivity index (χ4v) is 5.32. The van der Waals surface area contributed by atoms with Crippen LogP contribution in [0.5, 0.6) is 5.75 Å². The van der Waals surface area contributed by atoms with Crippen LogP contribution in [0.1, 0.15) is 42.9 Å². The molecule has 0 heterocycles. The van der Waals surface area contributed by atoms with Crippen molar-refractivity contribution in [3.63, 3.8) is 0 Å². The smallest absolute Gasteiger partial charge is 0.323 e. The number of fused-ring (bicyclic) bond motifs is 3. The largest absolute Gasteiger partial charge is 0.508 e. The third-order valence-electron chi connectivity index (χ3n) is 7.36. The van der Waals surface area contributed by atoms with E-state index in [9.17, 15) is 19.5 Å². The molecule has 4 rings (SSSR count). The van der Waals surface area contributed by atoms with Gasteiger partial charge in [0.15, 0.2) is 0 Å². The van der Waals surface area contributed by atoms with E-state index in [4.69, 9.17) is 9.47 Å². The number of phenols is 1. The minimum absolute atomic E-state index is 0.0336. The van der Waals surface area contributed by atoms with E-state index in [0.29, 0.717) is 6.42 Å². The molecule has 0 unspecified atom stereocenters. The van der Waals surface area contributed by atoms with Crippen LogP contribution in [0.4, 0.5) is 0 Å². The number of hydrogen-bond donors (Lipinski definition) is 3. The number of hydrogen-bond acceptors (Lipinski definition) is 7. The number of esters is 2. The first-order chi connectivity index (χ1) is 19.8. The van der Waals surface area contributed by atoms with Crippen molar-refractivity contribution in [2.24, 2.45) is 11.8 Å². The van der Waals surface area contributed by atoms with Crippen molar-refractivity contribution in [1.82, 2.24) is 10.6 Å². The summed E-state index contributed by atoms with van der Waals surface area (Å²) in [4.78, 5) is 38.2. The Morgan fingerprint density at radius 1 is 0.878 bits per heavy atom. The van der Waals surface area contributed by atoms with E-state index in [0.717, 1.165) is 16.7 Å². The minimum atomic E-state index is -0.746. The van der Waals surface area contributed by atoms with Gasteiger partial charge in [0.05, 0.1) is 19.6 Å². The molecule has 0 saturated heterocycles. The van der Waals surface area contributed by atoms with Gasteiger partial charge in [0.1, 0.15) is 18.4 Å². The lowest BCUT2D eigenvalue weighted by atomic mass is 9.96. The van der Waals surface area contributed by atoms with Crippen LogP contribution in [0.2, 0.25) is 0 Å². The number of phenolic OH excluding ortho intramolecular Hbond substituents is 1. The number of carbonyl (C=O) groups is 3. The molecule has 0 aliphatic heterocycles. The van der Waals surface area contributed by atoms with Gasteiger partial charge in [0.25, 0.3) is 0 Å². The molecule has 0 radical (unpaired) electrons. The molecule has 0 saturated carbocycles. The Morgan fingerprint density at radius 3 is 2.07 bits per heavy atom.